The number of rotatable bonds is 4. The Bertz CT molecular complexity index is 579. The van der Waals surface area contributed by atoms with Crippen molar-refractivity contribution in [3.05, 3.63) is 42.0 Å². The van der Waals surface area contributed by atoms with Gasteiger partial charge in [-0.3, -0.25) is 0 Å². The highest BCUT2D eigenvalue weighted by molar-refractivity contribution is 5.54. The molecule has 1 N–H and O–H groups in total. The van der Waals surface area contributed by atoms with Gasteiger partial charge >= 0.3 is 0 Å². The van der Waals surface area contributed by atoms with Crippen molar-refractivity contribution in [2.45, 2.75) is 20.4 Å². The first-order valence-electron chi connectivity index (χ1n) is 5.90. The van der Waals surface area contributed by atoms with Gasteiger partial charge in [-0.15, -0.1) is 0 Å². The Morgan fingerprint density at radius 2 is 1.84 bits per heavy atom. The lowest BCUT2D eigenvalue weighted by Gasteiger charge is -2.12. The molecule has 19 heavy (non-hydrogen) atoms. The van der Waals surface area contributed by atoms with Gasteiger partial charge in [0.05, 0.1) is 5.69 Å². The lowest BCUT2D eigenvalue weighted by atomic mass is 10.2. The molecule has 0 aliphatic heterocycles. The molecule has 0 unspecified atom stereocenters. The van der Waals surface area contributed by atoms with Crippen molar-refractivity contribution in [2.75, 3.05) is 5.32 Å². The summed E-state index contributed by atoms with van der Waals surface area (Å²) in [4.78, 5) is 4.03. The van der Waals surface area contributed by atoms with Crippen LogP contribution in [0.15, 0.2) is 24.5 Å². The predicted molar refractivity (Wildman–Crippen MR) is 66.7 cm³/mol. The Kier molecular flexibility index (Phi) is 3.78. The van der Waals surface area contributed by atoms with Crippen molar-refractivity contribution in [1.29, 1.82) is 0 Å². The largest absolute Gasteiger partial charge is 0.323 e. The van der Waals surface area contributed by atoms with Gasteiger partial charge in [0, 0.05) is 31.1 Å². The maximum absolute atomic E-state index is 13.5. The summed E-state index contributed by atoms with van der Waals surface area (Å²) in [5, 5.41) is 2.66. The molecule has 102 valence electrons. The van der Waals surface area contributed by atoms with Gasteiger partial charge in [0.1, 0.15) is 5.82 Å². The number of halogens is 3. The van der Waals surface area contributed by atoms with Crippen LogP contribution in [-0.4, -0.2) is 9.55 Å². The number of nitrogens with zero attached hydrogens (tertiary/aromatic N) is 2. The molecule has 0 fully saturated rings. The van der Waals surface area contributed by atoms with Crippen molar-refractivity contribution >= 4 is 11.6 Å². The minimum absolute atomic E-state index is 0.143. The lowest BCUT2D eigenvalue weighted by Crippen LogP contribution is -2.08. The summed E-state index contributed by atoms with van der Waals surface area (Å²) >= 11 is 0. The van der Waals surface area contributed by atoms with Gasteiger partial charge in [0.2, 0.25) is 5.95 Å². The summed E-state index contributed by atoms with van der Waals surface area (Å²) in [7, 11) is 0. The summed E-state index contributed by atoms with van der Waals surface area (Å²) in [6.07, 6.45) is 3.29. The molecule has 2 rings (SSSR count). The topological polar surface area (TPSA) is 29.9 Å². The standard InChI is InChI=1S/C13H14F3N3/c1-8(2)7-19-4-3-17-13(19)18-12-6-10(15)9(14)5-11(12)16/h3-6,8H,7H2,1-2H3,(H,17,18). The van der Waals surface area contributed by atoms with Crippen LogP contribution >= 0.6 is 0 Å². The summed E-state index contributed by atoms with van der Waals surface area (Å²) in [5.41, 5.74) is -0.143. The highest BCUT2D eigenvalue weighted by atomic mass is 19.2. The van der Waals surface area contributed by atoms with E-state index in [0.29, 0.717) is 24.5 Å². The van der Waals surface area contributed by atoms with Gasteiger partial charge in [-0.25, -0.2) is 18.2 Å². The number of nitrogens with one attached hydrogen (secondary N) is 1. The van der Waals surface area contributed by atoms with Crippen LogP contribution in [0.4, 0.5) is 24.8 Å². The summed E-state index contributed by atoms with van der Waals surface area (Å²) in [6.45, 7) is 4.75. The molecule has 0 aliphatic rings. The summed E-state index contributed by atoms with van der Waals surface area (Å²) in [6, 6.07) is 1.28. The molecule has 0 saturated carbocycles. The molecule has 0 radical (unpaired) electrons. The summed E-state index contributed by atoms with van der Waals surface area (Å²) in [5.74, 6) is -2.42. The van der Waals surface area contributed by atoms with Gasteiger partial charge < -0.3 is 9.88 Å². The Balaban J connectivity index is 2.26. The summed E-state index contributed by atoms with van der Waals surface area (Å²) < 4.78 is 41.2. The van der Waals surface area contributed by atoms with Crippen LogP contribution in [0.2, 0.25) is 0 Å². The second kappa shape index (κ2) is 5.34. The number of anilines is 2. The van der Waals surface area contributed by atoms with Gasteiger partial charge in [-0.1, -0.05) is 13.8 Å². The number of benzene rings is 1. The SMILES string of the molecule is CC(C)Cn1ccnc1Nc1cc(F)c(F)cc1F. The number of hydrogen-bond acceptors (Lipinski definition) is 2. The van der Waals surface area contributed by atoms with E-state index in [1.54, 1.807) is 17.0 Å². The van der Waals surface area contributed by atoms with Crippen LogP contribution in [0.25, 0.3) is 0 Å². The lowest BCUT2D eigenvalue weighted by molar-refractivity contribution is 0.496. The van der Waals surface area contributed by atoms with Crippen molar-refractivity contribution in [1.82, 2.24) is 9.55 Å². The first-order valence-corrected chi connectivity index (χ1v) is 5.90. The zero-order chi connectivity index (χ0) is 14.0. The van der Waals surface area contributed by atoms with E-state index in [2.05, 4.69) is 10.3 Å². The third-order valence-corrected chi connectivity index (χ3v) is 2.53. The monoisotopic (exact) mass is 269 g/mol. The number of imidazole rings is 1. The Morgan fingerprint density at radius 1 is 1.16 bits per heavy atom. The second-order valence-electron chi connectivity index (χ2n) is 4.67. The number of hydrogen-bond donors (Lipinski definition) is 1. The molecular formula is C13H14F3N3. The van der Waals surface area contributed by atoms with Gasteiger partial charge in [0.25, 0.3) is 0 Å². The molecule has 0 aliphatic carbocycles. The Morgan fingerprint density at radius 3 is 2.53 bits per heavy atom. The zero-order valence-corrected chi connectivity index (χ0v) is 10.6. The molecule has 1 aromatic heterocycles. The minimum Gasteiger partial charge on any atom is -0.323 e. The predicted octanol–water partition coefficient (Wildman–Crippen LogP) is 3.70. The average Bonchev–Trinajstić information content (AvgIpc) is 2.72. The first-order chi connectivity index (χ1) is 8.97. The van der Waals surface area contributed by atoms with Crippen LogP contribution in [0.5, 0.6) is 0 Å². The van der Waals surface area contributed by atoms with Gasteiger partial charge in [-0.2, -0.15) is 0 Å². The van der Waals surface area contributed by atoms with Crippen molar-refractivity contribution in [3.8, 4) is 0 Å². The third-order valence-electron chi connectivity index (χ3n) is 2.53. The fourth-order valence-electron chi connectivity index (χ4n) is 1.71. The van der Waals surface area contributed by atoms with Crippen LogP contribution in [0, 0.1) is 23.4 Å². The first kappa shape index (κ1) is 13.5. The molecule has 0 spiro atoms. The van der Waals surface area contributed by atoms with Crippen molar-refractivity contribution in [3.63, 3.8) is 0 Å². The highest BCUT2D eigenvalue weighted by Gasteiger charge is 2.12. The van der Waals surface area contributed by atoms with E-state index in [0.717, 1.165) is 6.07 Å². The van der Waals surface area contributed by atoms with Crippen LogP contribution in [0.1, 0.15) is 13.8 Å². The fourth-order valence-corrected chi connectivity index (χ4v) is 1.71. The zero-order valence-electron chi connectivity index (χ0n) is 10.6. The molecule has 3 nitrogen and oxygen atoms in total. The molecule has 6 heteroatoms. The van der Waals surface area contributed by atoms with E-state index < -0.39 is 17.5 Å². The van der Waals surface area contributed by atoms with E-state index in [-0.39, 0.29) is 5.69 Å². The van der Waals surface area contributed by atoms with Crippen LogP contribution < -0.4 is 5.32 Å². The van der Waals surface area contributed by atoms with Gasteiger partial charge in [0.15, 0.2) is 11.6 Å². The quantitative estimate of drug-likeness (QED) is 0.858. The second-order valence-corrected chi connectivity index (χ2v) is 4.67. The molecule has 1 heterocycles. The van der Waals surface area contributed by atoms with Crippen molar-refractivity contribution < 1.29 is 13.2 Å². The normalized spacial score (nSPS) is 11.1. The molecule has 0 amide bonds. The Labute approximate surface area is 109 Å². The van der Waals surface area contributed by atoms with E-state index in [1.807, 2.05) is 13.8 Å². The molecular weight excluding hydrogens is 255 g/mol. The van der Waals surface area contributed by atoms with E-state index in [4.69, 9.17) is 0 Å². The van der Waals surface area contributed by atoms with Crippen LogP contribution in [-0.2, 0) is 6.54 Å². The molecule has 0 atom stereocenters. The highest BCUT2D eigenvalue weighted by Crippen LogP contribution is 2.22. The maximum Gasteiger partial charge on any atom is 0.207 e. The molecule has 0 saturated heterocycles. The maximum atomic E-state index is 13.5. The average molecular weight is 269 g/mol. The van der Waals surface area contributed by atoms with Gasteiger partial charge in [-0.05, 0) is 5.92 Å². The number of aromatic nitrogens is 2. The third kappa shape index (κ3) is 3.07. The minimum atomic E-state index is -1.21. The molecule has 1 aromatic carbocycles. The van der Waals surface area contributed by atoms with Crippen LogP contribution in [0.3, 0.4) is 0 Å². The van der Waals surface area contributed by atoms with E-state index in [9.17, 15) is 13.2 Å². The van der Waals surface area contributed by atoms with Crippen molar-refractivity contribution in [2.24, 2.45) is 5.92 Å². The van der Waals surface area contributed by atoms with E-state index >= 15 is 0 Å². The Hall–Kier alpha value is -1.98. The molecule has 0 bridgehead atoms. The smallest absolute Gasteiger partial charge is 0.207 e. The fraction of sp³-hybridized carbons (Fsp3) is 0.308. The molecule has 2 aromatic rings. The van der Waals surface area contributed by atoms with E-state index in [1.165, 1.54) is 0 Å².